The molecule has 1 aromatic carbocycles. The van der Waals surface area contributed by atoms with Crippen LogP contribution in [0.1, 0.15) is 44.2 Å². The monoisotopic (exact) mass is 336 g/mol. The summed E-state index contributed by atoms with van der Waals surface area (Å²) < 4.78 is 32.8. The highest BCUT2D eigenvalue weighted by molar-refractivity contribution is 7.89. The van der Waals surface area contributed by atoms with Crippen LogP contribution in [0.2, 0.25) is 0 Å². The van der Waals surface area contributed by atoms with Crippen molar-refractivity contribution in [1.82, 2.24) is 9.88 Å². The van der Waals surface area contributed by atoms with Gasteiger partial charge in [0.15, 0.2) is 5.76 Å². The highest BCUT2D eigenvalue weighted by Crippen LogP contribution is 2.29. The van der Waals surface area contributed by atoms with Crippen molar-refractivity contribution in [3.8, 4) is 0 Å². The molecule has 1 aromatic heterocycles. The Hall–Kier alpha value is -1.66. The van der Waals surface area contributed by atoms with Crippen LogP contribution < -0.4 is 4.72 Å². The second-order valence-corrected chi connectivity index (χ2v) is 8.28. The number of rotatable bonds is 6. The highest BCUT2D eigenvalue weighted by Gasteiger charge is 2.29. The Morgan fingerprint density at radius 3 is 2.35 bits per heavy atom. The number of benzene rings is 1. The molecule has 0 aliphatic carbocycles. The summed E-state index contributed by atoms with van der Waals surface area (Å²) in [7, 11) is -3.64. The fourth-order valence-electron chi connectivity index (χ4n) is 3.00. The van der Waals surface area contributed by atoms with Crippen LogP contribution in [-0.2, 0) is 15.4 Å². The fourth-order valence-corrected chi connectivity index (χ4v) is 4.57. The molecule has 0 aliphatic rings. The van der Waals surface area contributed by atoms with Crippen LogP contribution in [0.25, 0.3) is 0 Å². The minimum Gasteiger partial charge on any atom is -0.360 e. The Morgan fingerprint density at radius 1 is 1.22 bits per heavy atom. The zero-order chi connectivity index (χ0) is 17.3. The van der Waals surface area contributed by atoms with Crippen LogP contribution in [0.3, 0.4) is 0 Å². The van der Waals surface area contributed by atoms with Gasteiger partial charge in [0, 0.05) is 6.04 Å². The van der Waals surface area contributed by atoms with E-state index in [1.165, 1.54) is 5.56 Å². The Balaban J connectivity index is 2.15. The lowest BCUT2D eigenvalue weighted by Gasteiger charge is -2.29. The summed E-state index contributed by atoms with van der Waals surface area (Å²) in [5.74, 6) is 0.310. The van der Waals surface area contributed by atoms with Gasteiger partial charge in [-0.1, -0.05) is 49.3 Å². The van der Waals surface area contributed by atoms with E-state index in [2.05, 4.69) is 35.9 Å². The summed E-state index contributed by atoms with van der Waals surface area (Å²) in [6.45, 7) is 9.34. The molecule has 1 heterocycles. The predicted octanol–water partition coefficient (Wildman–Crippen LogP) is 3.33. The van der Waals surface area contributed by atoms with Gasteiger partial charge in [0.1, 0.15) is 10.6 Å². The number of nitrogens with one attached hydrogen (secondary N) is 1. The summed E-state index contributed by atoms with van der Waals surface area (Å²) in [6.07, 6.45) is 0.680. The summed E-state index contributed by atoms with van der Waals surface area (Å²) >= 11 is 0. The Bertz CT molecular complexity index is 745. The van der Waals surface area contributed by atoms with Crippen LogP contribution in [0.5, 0.6) is 0 Å². The Morgan fingerprint density at radius 2 is 1.83 bits per heavy atom. The van der Waals surface area contributed by atoms with E-state index in [0.717, 1.165) is 0 Å². The van der Waals surface area contributed by atoms with E-state index in [9.17, 15) is 8.42 Å². The summed E-state index contributed by atoms with van der Waals surface area (Å²) in [5.41, 5.74) is 1.43. The molecule has 0 saturated carbocycles. The number of hydrogen-bond acceptors (Lipinski definition) is 4. The van der Waals surface area contributed by atoms with Gasteiger partial charge in [-0.2, -0.15) is 0 Å². The number of aryl methyl sites for hydroxylation is 2. The average molecular weight is 336 g/mol. The summed E-state index contributed by atoms with van der Waals surface area (Å²) in [6, 6.07) is 9.88. The average Bonchev–Trinajstić information content (AvgIpc) is 2.78. The highest BCUT2D eigenvalue weighted by atomic mass is 32.2. The van der Waals surface area contributed by atoms with Crippen molar-refractivity contribution >= 4 is 10.0 Å². The molecule has 1 atom stereocenters. The van der Waals surface area contributed by atoms with Gasteiger partial charge >= 0.3 is 0 Å². The minimum atomic E-state index is -3.64. The van der Waals surface area contributed by atoms with Crippen molar-refractivity contribution in [2.75, 3.05) is 0 Å². The van der Waals surface area contributed by atoms with Gasteiger partial charge in [-0.05, 0) is 38.2 Å². The molecule has 0 aliphatic heterocycles. The van der Waals surface area contributed by atoms with Gasteiger partial charge in [-0.3, -0.25) is 0 Å². The molecule has 0 fully saturated rings. The molecule has 6 heteroatoms. The zero-order valence-corrected chi connectivity index (χ0v) is 15.1. The maximum atomic E-state index is 12.6. The number of sulfonamides is 1. The third-order valence-corrected chi connectivity index (χ3v) is 5.80. The van der Waals surface area contributed by atoms with Crippen molar-refractivity contribution in [2.45, 2.75) is 57.4 Å². The zero-order valence-electron chi connectivity index (χ0n) is 14.3. The quantitative estimate of drug-likeness (QED) is 0.878. The van der Waals surface area contributed by atoms with Crippen LogP contribution in [-0.4, -0.2) is 19.6 Å². The molecule has 0 bridgehead atoms. The van der Waals surface area contributed by atoms with Crippen LogP contribution in [0.4, 0.5) is 0 Å². The molecule has 2 aromatic rings. The first kappa shape index (κ1) is 17.7. The molecule has 23 heavy (non-hydrogen) atoms. The van der Waals surface area contributed by atoms with Crippen LogP contribution >= 0.6 is 0 Å². The van der Waals surface area contributed by atoms with Gasteiger partial charge in [0.25, 0.3) is 0 Å². The molecule has 1 N–H and O–H groups in total. The smallest absolute Gasteiger partial charge is 0.246 e. The topological polar surface area (TPSA) is 72.2 Å². The van der Waals surface area contributed by atoms with E-state index in [1.807, 2.05) is 25.1 Å². The number of nitrogens with zero attached hydrogens (tertiary/aromatic N) is 1. The van der Waals surface area contributed by atoms with E-state index in [0.29, 0.717) is 17.9 Å². The van der Waals surface area contributed by atoms with Crippen molar-refractivity contribution in [3.05, 3.63) is 47.3 Å². The molecule has 5 nitrogen and oxygen atoms in total. The summed E-state index contributed by atoms with van der Waals surface area (Å²) in [4.78, 5) is 0.141. The van der Waals surface area contributed by atoms with Gasteiger partial charge in [0.2, 0.25) is 10.0 Å². The van der Waals surface area contributed by atoms with Crippen molar-refractivity contribution in [2.24, 2.45) is 0 Å². The van der Waals surface area contributed by atoms with E-state index in [1.54, 1.807) is 13.8 Å². The lowest BCUT2D eigenvalue weighted by Crippen LogP contribution is -2.37. The Labute approximate surface area is 138 Å². The van der Waals surface area contributed by atoms with Crippen molar-refractivity contribution < 1.29 is 12.9 Å². The van der Waals surface area contributed by atoms with Gasteiger partial charge in [-0.15, -0.1) is 0 Å². The van der Waals surface area contributed by atoms with E-state index in [4.69, 9.17) is 4.52 Å². The molecule has 0 saturated heterocycles. The lowest BCUT2D eigenvalue weighted by molar-refractivity contribution is 0.390. The first-order valence-electron chi connectivity index (χ1n) is 7.64. The maximum Gasteiger partial charge on any atom is 0.246 e. The lowest BCUT2D eigenvalue weighted by atomic mass is 9.79. The van der Waals surface area contributed by atoms with Crippen LogP contribution in [0.15, 0.2) is 39.8 Å². The summed E-state index contributed by atoms with van der Waals surface area (Å²) in [5, 5.41) is 3.72. The number of hydrogen-bond donors (Lipinski definition) is 1. The molecule has 2 rings (SSSR count). The second-order valence-electron chi connectivity index (χ2n) is 6.63. The molecular formula is C17H24N2O3S. The van der Waals surface area contributed by atoms with Gasteiger partial charge in [-0.25, -0.2) is 13.1 Å². The molecule has 0 spiro atoms. The SMILES string of the molecule is Cc1noc(C)c1S(=O)(=O)N[C@@H](C)CC(C)(C)c1ccccc1. The first-order chi connectivity index (χ1) is 10.6. The minimum absolute atomic E-state index is 0.137. The third kappa shape index (κ3) is 4.00. The van der Waals surface area contributed by atoms with E-state index < -0.39 is 10.0 Å². The van der Waals surface area contributed by atoms with E-state index in [-0.39, 0.29) is 16.4 Å². The first-order valence-corrected chi connectivity index (χ1v) is 9.12. The molecule has 0 radical (unpaired) electrons. The third-order valence-electron chi connectivity index (χ3n) is 3.96. The second kappa shape index (κ2) is 6.45. The number of aromatic nitrogens is 1. The van der Waals surface area contributed by atoms with Gasteiger partial charge in [0.05, 0.1) is 0 Å². The maximum absolute atomic E-state index is 12.6. The molecular weight excluding hydrogens is 312 g/mol. The molecule has 126 valence electrons. The molecule has 0 unspecified atom stereocenters. The van der Waals surface area contributed by atoms with Crippen molar-refractivity contribution in [1.29, 1.82) is 0 Å². The fraction of sp³-hybridized carbons (Fsp3) is 0.471. The Kier molecular flexibility index (Phi) is 4.96. The largest absolute Gasteiger partial charge is 0.360 e. The van der Waals surface area contributed by atoms with E-state index >= 15 is 0 Å². The van der Waals surface area contributed by atoms with Crippen LogP contribution in [0, 0.1) is 13.8 Å². The van der Waals surface area contributed by atoms with Gasteiger partial charge < -0.3 is 4.52 Å². The normalized spacial score (nSPS) is 14.0. The standard InChI is InChI=1S/C17H24N2O3S/c1-12(11-17(4,5)15-9-7-6-8-10-15)19-23(20,21)16-13(2)18-22-14(16)3/h6-10,12,19H,11H2,1-5H3/t12-/m0/s1. The predicted molar refractivity (Wildman–Crippen MR) is 89.8 cm³/mol. The van der Waals surface area contributed by atoms with Crippen molar-refractivity contribution in [3.63, 3.8) is 0 Å². The molecule has 0 amide bonds.